The fraction of sp³-hybridized carbons (Fsp3) is 0.500. The Bertz CT molecular complexity index is 1010. The molecule has 2 saturated heterocycles. The summed E-state index contributed by atoms with van der Waals surface area (Å²) in [5.74, 6) is 1.14. The van der Waals surface area contributed by atoms with Gasteiger partial charge in [0.05, 0.1) is 5.91 Å². The summed E-state index contributed by atoms with van der Waals surface area (Å²) in [7, 11) is 2.24. The Morgan fingerprint density at radius 1 is 1.11 bits per heavy atom. The molecule has 2 aliphatic rings. The fourth-order valence-corrected chi connectivity index (χ4v) is 5.15. The van der Waals surface area contributed by atoms with Crippen LogP contribution in [-0.4, -0.2) is 60.2 Å². The molecule has 0 aliphatic carbocycles. The number of hydrogen-bond acceptors (Lipinski definition) is 4. The minimum atomic E-state index is -4.44. The van der Waals surface area contributed by atoms with Crippen LogP contribution in [0.1, 0.15) is 55.8 Å². The molecular weight excluding hydrogens is 560 g/mol. The van der Waals surface area contributed by atoms with E-state index in [4.69, 9.17) is 0 Å². The first kappa shape index (κ1) is 31.1. The third-order valence-electron chi connectivity index (χ3n) is 7.17. The van der Waals surface area contributed by atoms with Crippen LogP contribution in [0.2, 0.25) is 0 Å². The number of likely N-dealkylation sites (N-methyl/N-ethyl adjacent to an activating group) is 1. The molecule has 1 spiro atoms. The summed E-state index contributed by atoms with van der Waals surface area (Å²) < 4.78 is 35.8. The van der Waals surface area contributed by atoms with E-state index in [0.29, 0.717) is 23.3 Å². The van der Waals surface area contributed by atoms with E-state index in [9.17, 15) is 22.8 Å². The number of amides is 1. The first-order chi connectivity index (χ1) is 17.0. The zero-order valence-corrected chi connectivity index (χ0v) is 23.7. The van der Waals surface area contributed by atoms with Crippen molar-refractivity contribution in [3.05, 3.63) is 71.9 Å². The fourth-order valence-electron chi connectivity index (χ4n) is 5.15. The number of nitrogens with zero attached hydrogens (tertiary/aromatic N) is 3. The topological polar surface area (TPSA) is 53.5 Å². The summed E-state index contributed by atoms with van der Waals surface area (Å²) in [6.07, 6.45) is 3.15. The summed E-state index contributed by atoms with van der Waals surface area (Å²) >= 11 is 0. The summed E-state index contributed by atoms with van der Waals surface area (Å²) in [5, 5.41) is 0. The van der Waals surface area contributed by atoms with E-state index in [-0.39, 0.29) is 34.0 Å². The molecule has 1 aromatic heterocycles. The van der Waals surface area contributed by atoms with Crippen LogP contribution in [-0.2, 0) is 38.1 Å². The van der Waals surface area contributed by atoms with Crippen molar-refractivity contribution in [2.45, 2.75) is 45.2 Å². The van der Waals surface area contributed by atoms with Crippen LogP contribution < -0.4 is 0 Å². The molecule has 37 heavy (non-hydrogen) atoms. The number of carbonyl (C=O) groups is 1. The molecule has 2 aromatic rings. The molecule has 2 fully saturated rings. The predicted octanol–water partition coefficient (Wildman–Crippen LogP) is 5.13. The van der Waals surface area contributed by atoms with Gasteiger partial charge in [-0.1, -0.05) is 49.9 Å². The van der Waals surface area contributed by atoms with Crippen molar-refractivity contribution in [2.24, 2.45) is 11.3 Å². The van der Waals surface area contributed by atoms with Gasteiger partial charge in [-0.3, -0.25) is 4.98 Å². The number of halogens is 3. The number of carbonyl (C=O) groups excluding carboxylic acids is 2. The first-order valence-electron chi connectivity index (χ1n) is 12.3. The third-order valence-corrected chi connectivity index (χ3v) is 7.17. The largest absolute Gasteiger partial charge is 2.00 e. The molecule has 4 rings (SSSR count). The number of piperidine rings is 2. The Kier molecular flexibility index (Phi) is 11.4. The monoisotopic (exact) mass is 594 g/mol. The number of benzene rings is 1. The summed E-state index contributed by atoms with van der Waals surface area (Å²) in [4.78, 5) is 30.2. The van der Waals surface area contributed by atoms with Gasteiger partial charge in [-0.25, -0.2) is 0 Å². The molecule has 5 nitrogen and oxygen atoms in total. The molecule has 0 bridgehead atoms. The Balaban J connectivity index is 0.000000314. The smallest absolute Gasteiger partial charge is 0.417 e. The Labute approximate surface area is 233 Å². The maximum absolute atomic E-state index is 12.3. The zero-order valence-electron chi connectivity index (χ0n) is 21.5. The number of alkyl halides is 3. The molecule has 1 atom stereocenters. The van der Waals surface area contributed by atoms with Crippen molar-refractivity contribution in [1.29, 1.82) is 0 Å². The van der Waals surface area contributed by atoms with Crippen molar-refractivity contribution in [3.8, 4) is 0 Å². The molecule has 3 heterocycles. The molecular formula is C28H34F3N3NbO2. The van der Waals surface area contributed by atoms with Gasteiger partial charge in [0.25, 0.3) is 0 Å². The standard InChI is InChI=1S/C21H31N2O.C7H3F3NO.Nb/c1-17(2)15-20(24)23-13-10-21(11-14-23)9-12-22(3)16-19(21)18-7-5-4-6-8-18;8-7(9,10)5-1-2-11-6(3-5)4-12;/h4-8,15,17,19H,9-14,16H2,1-3H3;1-3H;/q2*-1;+2. The number of aromatic nitrogens is 1. The van der Waals surface area contributed by atoms with Gasteiger partial charge in [-0.15, -0.1) is 0 Å². The van der Waals surface area contributed by atoms with Crippen LogP contribution >= 0.6 is 0 Å². The van der Waals surface area contributed by atoms with Gasteiger partial charge in [-0.2, -0.15) is 25.2 Å². The van der Waals surface area contributed by atoms with Crippen LogP contribution in [0.5, 0.6) is 0 Å². The maximum atomic E-state index is 12.3. The second-order valence-electron chi connectivity index (χ2n) is 10.1. The van der Waals surface area contributed by atoms with Gasteiger partial charge in [0.1, 0.15) is 0 Å². The molecule has 2 aliphatic heterocycles. The molecule has 0 saturated carbocycles. The van der Waals surface area contributed by atoms with Gasteiger partial charge in [-0.05, 0) is 55.5 Å². The third kappa shape index (κ3) is 8.43. The summed E-state index contributed by atoms with van der Waals surface area (Å²) in [6.45, 7) is 8.28. The summed E-state index contributed by atoms with van der Waals surface area (Å²) in [6, 6.07) is 12.4. The van der Waals surface area contributed by atoms with Gasteiger partial charge in [0, 0.05) is 38.0 Å². The normalized spacial score (nSPS) is 19.4. The van der Waals surface area contributed by atoms with Crippen molar-refractivity contribution in [2.75, 3.05) is 33.2 Å². The Morgan fingerprint density at radius 3 is 2.30 bits per heavy atom. The average molecular weight is 594 g/mol. The quantitative estimate of drug-likeness (QED) is 0.364. The number of pyridine rings is 1. The van der Waals surface area contributed by atoms with Crippen molar-refractivity contribution in [1.82, 2.24) is 14.8 Å². The Hall–Kier alpha value is -2.13. The molecule has 1 radical (unpaired) electrons. The van der Waals surface area contributed by atoms with Crippen LogP contribution in [0.4, 0.5) is 13.2 Å². The minimum absolute atomic E-state index is 0. The van der Waals surface area contributed by atoms with E-state index in [2.05, 4.69) is 66.0 Å². The molecule has 9 heteroatoms. The van der Waals surface area contributed by atoms with Gasteiger partial charge >= 0.3 is 28.6 Å². The van der Waals surface area contributed by atoms with Gasteiger partial charge in [0.15, 0.2) is 0 Å². The van der Waals surface area contributed by atoms with E-state index in [1.807, 2.05) is 6.42 Å². The second kappa shape index (κ2) is 13.6. The van der Waals surface area contributed by atoms with E-state index in [0.717, 1.165) is 44.7 Å². The molecule has 1 aromatic carbocycles. The van der Waals surface area contributed by atoms with Crippen molar-refractivity contribution >= 4 is 12.2 Å². The van der Waals surface area contributed by atoms with Gasteiger partial charge < -0.3 is 25.8 Å². The van der Waals surface area contributed by atoms with Crippen LogP contribution in [0.3, 0.4) is 0 Å². The summed E-state index contributed by atoms with van der Waals surface area (Å²) in [5.41, 5.74) is 0.598. The molecule has 1 amide bonds. The van der Waals surface area contributed by atoms with E-state index >= 15 is 0 Å². The minimum Gasteiger partial charge on any atom is -0.417 e. The van der Waals surface area contributed by atoms with Gasteiger partial charge in [0.2, 0.25) is 0 Å². The van der Waals surface area contributed by atoms with Crippen LogP contribution in [0, 0.1) is 17.8 Å². The second-order valence-corrected chi connectivity index (χ2v) is 10.1. The molecule has 199 valence electrons. The van der Waals surface area contributed by atoms with E-state index in [1.54, 1.807) is 0 Å². The van der Waals surface area contributed by atoms with Crippen molar-refractivity contribution in [3.63, 3.8) is 0 Å². The molecule has 0 N–H and O–H groups in total. The van der Waals surface area contributed by atoms with Crippen molar-refractivity contribution < 1.29 is 45.1 Å². The predicted molar refractivity (Wildman–Crippen MR) is 133 cm³/mol. The zero-order chi connectivity index (χ0) is 26.3. The number of hydrogen-bond donors (Lipinski definition) is 0. The van der Waals surface area contributed by atoms with E-state index < -0.39 is 11.7 Å². The first-order valence-corrected chi connectivity index (χ1v) is 12.3. The van der Waals surface area contributed by atoms with Crippen LogP contribution in [0.25, 0.3) is 0 Å². The Morgan fingerprint density at radius 2 is 1.73 bits per heavy atom. The maximum Gasteiger partial charge on any atom is 2.00 e. The molecule has 1 unspecified atom stereocenters. The van der Waals surface area contributed by atoms with Crippen LogP contribution in [0.15, 0.2) is 48.7 Å². The number of likely N-dealkylation sites (tertiary alicyclic amines) is 2. The number of rotatable bonds is 4. The SMILES string of the molecule is CC(C)[CH-]C(=O)N1CCC2(CCN(C)CC2c2ccccc2)CC1.O=[C-]c1cc(C(F)(F)F)ccn1.[Nb+2]. The average Bonchev–Trinajstić information content (AvgIpc) is 2.86. The van der Waals surface area contributed by atoms with E-state index in [1.165, 1.54) is 24.8 Å².